The molecule has 0 amide bonds. The minimum Gasteiger partial charge on any atom is -0.313 e. The lowest BCUT2D eigenvalue weighted by molar-refractivity contribution is 0.0377. The van der Waals surface area contributed by atoms with Gasteiger partial charge in [-0.15, -0.1) is 0 Å². The van der Waals surface area contributed by atoms with Crippen LogP contribution >= 0.6 is 0 Å². The number of nitrogens with zero attached hydrogens (tertiary/aromatic N) is 2. The van der Waals surface area contributed by atoms with E-state index in [1.54, 1.807) is 0 Å². The van der Waals surface area contributed by atoms with Crippen LogP contribution in [-0.2, 0) is 0 Å². The molecule has 0 radical (unpaired) electrons. The number of piperidine rings is 1. The van der Waals surface area contributed by atoms with Crippen molar-refractivity contribution >= 4 is 0 Å². The second kappa shape index (κ2) is 6.25. The van der Waals surface area contributed by atoms with E-state index < -0.39 is 0 Å². The molecule has 2 heterocycles. The lowest BCUT2D eigenvalue weighted by Crippen LogP contribution is -2.56. The van der Waals surface area contributed by atoms with Gasteiger partial charge in [0, 0.05) is 44.3 Å². The molecule has 2 fully saturated rings. The molecule has 2 aliphatic rings. The number of piperazine rings is 1. The van der Waals surface area contributed by atoms with Crippen molar-refractivity contribution in [2.75, 3.05) is 33.2 Å². The third-order valence-corrected chi connectivity index (χ3v) is 4.91. The lowest BCUT2D eigenvalue weighted by atomic mass is 9.95. The highest BCUT2D eigenvalue weighted by Gasteiger charge is 2.33. The fourth-order valence-electron chi connectivity index (χ4n) is 3.61. The van der Waals surface area contributed by atoms with E-state index in [-0.39, 0.29) is 0 Å². The van der Waals surface area contributed by atoms with Gasteiger partial charge in [-0.3, -0.25) is 4.90 Å². The van der Waals surface area contributed by atoms with Crippen molar-refractivity contribution in [1.29, 1.82) is 0 Å². The Kier molecular flexibility index (Phi) is 4.39. The van der Waals surface area contributed by atoms with Gasteiger partial charge in [0.1, 0.15) is 0 Å². The SMILES string of the molecule is CC1CCC(N2CCN(C)CC2c2ccccc2)CN1. The van der Waals surface area contributed by atoms with Gasteiger partial charge in [-0.1, -0.05) is 30.3 Å². The van der Waals surface area contributed by atoms with E-state index in [1.165, 1.54) is 31.5 Å². The molecule has 20 heavy (non-hydrogen) atoms. The number of likely N-dealkylation sites (N-methyl/N-ethyl adjacent to an activating group) is 1. The van der Waals surface area contributed by atoms with Crippen LogP contribution in [0.15, 0.2) is 30.3 Å². The number of hydrogen-bond acceptors (Lipinski definition) is 3. The number of benzene rings is 1. The van der Waals surface area contributed by atoms with Gasteiger partial charge in [0.15, 0.2) is 0 Å². The number of rotatable bonds is 2. The third-order valence-electron chi connectivity index (χ3n) is 4.91. The van der Waals surface area contributed by atoms with E-state index in [2.05, 4.69) is 59.4 Å². The third kappa shape index (κ3) is 3.05. The smallest absolute Gasteiger partial charge is 0.0479 e. The maximum absolute atomic E-state index is 3.66. The van der Waals surface area contributed by atoms with Crippen molar-refractivity contribution in [3.63, 3.8) is 0 Å². The van der Waals surface area contributed by atoms with Crippen LogP contribution in [0.3, 0.4) is 0 Å². The highest BCUT2D eigenvalue weighted by molar-refractivity contribution is 5.20. The Hall–Kier alpha value is -0.900. The average Bonchev–Trinajstić information content (AvgIpc) is 2.49. The molecule has 2 aliphatic heterocycles. The zero-order valence-electron chi connectivity index (χ0n) is 12.8. The monoisotopic (exact) mass is 273 g/mol. The topological polar surface area (TPSA) is 18.5 Å². The van der Waals surface area contributed by atoms with Crippen LogP contribution < -0.4 is 5.32 Å². The van der Waals surface area contributed by atoms with Crippen molar-refractivity contribution in [1.82, 2.24) is 15.1 Å². The molecule has 0 aliphatic carbocycles. The average molecular weight is 273 g/mol. The van der Waals surface area contributed by atoms with Gasteiger partial charge in [-0.05, 0) is 32.4 Å². The Morgan fingerprint density at radius 1 is 1.10 bits per heavy atom. The predicted octanol–water partition coefficient (Wildman–Crippen LogP) is 2.12. The molecule has 0 bridgehead atoms. The summed E-state index contributed by atoms with van der Waals surface area (Å²) in [6.45, 7) is 6.98. The highest BCUT2D eigenvalue weighted by atomic mass is 15.3. The Bertz CT molecular complexity index is 412. The predicted molar refractivity (Wildman–Crippen MR) is 83.9 cm³/mol. The molecule has 3 unspecified atom stereocenters. The van der Waals surface area contributed by atoms with Crippen LogP contribution in [-0.4, -0.2) is 55.1 Å². The molecule has 3 atom stereocenters. The summed E-state index contributed by atoms with van der Waals surface area (Å²) >= 11 is 0. The summed E-state index contributed by atoms with van der Waals surface area (Å²) in [4.78, 5) is 5.21. The molecule has 1 N–H and O–H groups in total. The highest BCUT2D eigenvalue weighted by Crippen LogP contribution is 2.29. The quantitative estimate of drug-likeness (QED) is 0.890. The minimum absolute atomic E-state index is 0.551. The van der Waals surface area contributed by atoms with Crippen molar-refractivity contribution in [3.8, 4) is 0 Å². The van der Waals surface area contributed by atoms with E-state index in [1.807, 2.05) is 0 Å². The first-order chi connectivity index (χ1) is 9.74. The molecule has 2 saturated heterocycles. The Balaban J connectivity index is 1.76. The molecule has 3 nitrogen and oxygen atoms in total. The fraction of sp³-hybridized carbons (Fsp3) is 0.647. The summed E-state index contributed by atoms with van der Waals surface area (Å²) < 4.78 is 0. The normalized spacial score (nSPS) is 33.2. The first kappa shape index (κ1) is 14.1. The molecule has 1 aromatic carbocycles. The Morgan fingerprint density at radius 3 is 2.60 bits per heavy atom. The minimum atomic E-state index is 0.551. The summed E-state index contributed by atoms with van der Waals surface area (Å²) in [6, 6.07) is 13.0. The maximum atomic E-state index is 3.66. The summed E-state index contributed by atoms with van der Waals surface area (Å²) in [5, 5.41) is 3.66. The molecular weight excluding hydrogens is 246 g/mol. The van der Waals surface area contributed by atoms with Gasteiger partial charge in [-0.25, -0.2) is 0 Å². The van der Waals surface area contributed by atoms with Crippen molar-refractivity contribution in [2.45, 2.75) is 37.9 Å². The zero-order valence-corrected chi connectivity index (χ0v) is 12.8. The van der Waals surface area contributed by atoms with E-state index in [4.69, 9.17) is 0 Å². The summed E-state index contributed by atoms with van der Waals surface area (Å²) in [7, 11) is 2.24. The Morgan fingerprint density at radius 2 is 1.90 bits per heavy atom. The molecule has 1 aromatic rings. The van der Waals surface area contributed by atoms with E-state index in [9.17, 15) is 0 Å². The fourth-order valence-corrected chi connectivity index (χ4v) is 3.61. The van der Waals surface area contributed by atoms with E-state index in [0.29, 0.717) is 18.1 Å². The summed E-state index contributed by atoms with van der Waals surface area (Å²) in [5.41, 5.74) is 1.47. The largest absolute Gasteiger partial charge is 0.313 e. The van der Waals surface area contributed by atoms with Gasteiger partial charge >= 0.3 is 0 Å². The molecule has 3 rings (SSSR count). The number of hydrogen-bond donors (Lipinski definition) is 1. The van der Waals surface area contributed by atoms with Crippen LogP contribution in [0.25, 0.3) is 0 Å². The molecule has 110 valence electrons. The van der Waals surface area contributed by atoms with Gasteiger partial charge in [0.25, 0.3) is 0 Å². The van der Waals surface area contributed by atoms with Crippen molar-refractivity contribution in [3.05, 3.63) is 35.9 Å². The Labute approximate surface area is 123 Å². The van der Waals surface area contributed by atoms with E-state index >= 15 is 0 Å². The lowest BCUT2D eigenvalue weighted by Gasteiger charge is -2.46. The molecule has 3 heteroatoms. The maximum Gasteiger partial charge on any atom is 0.0479 e. The standard InChI is InChI=1S/C17H27N3/c1-14-8-9-16(12-18-14)20-11-10-19(2)13-17(20)15-6-4-3-5-7-15/h3-7,14,16-18H,8-13H2,1-2H3. The number of nitrogens with one attached hydrogen (secondary N) is 1. The van der Waals surface area contributed by atoms with Crippen LogP contribution in [0, 0.1) is 0 Å². The van der Waals surface area contributed by atoms with Gasteiger partial charge in [-0.2, -0.15) is 0 Å². The molecule has 0 saturated carbocycles. The van der Waals surface area contributed by atoms with Crippen LogP contribution in [0.5, 0.6) is 0 Å². The van der Waals surface area contributed by atoms with Gasteiger partial charge in [0.2, 0.25) is 0 Å². The second-order valence-electron chi connectivity index (χ2n) is 6.47. The van der Waals surface area contributed by atoms with E-state index in [0.717, 1.165) is 13.1 Å². The second-order valence-corrected chi connectivity index (χ2v) is 6.47. The first-order valence-corrected chi connectivity index (χ1v) is 7.96. The molecular formula is C17H27N3. The van der Waals surface area contributed by atoms with Crippen LogP contribution in [0.4, 0.5) is 0 Å². The summed E-state index contributed by atoms with van der Waals surface area (Å²) in [6.07, 6.45) is 2.64. The molecule has 0 spiro atoms. The van der Waals surface area contributed by atoms with Crippen LogP contribution in [0.2, 0.25) is 0 Å². The summed E-state index contributed by atoms with van der Waals surface area (Å²) in [5.74, 6) is 0. The first-order valence-electron chi connectivity index (χ1n) is 7.96. The van der Waals surface area contributed by atoms with Crippen molar-refractivity contribution < 1.29 is 0 Å². The molecule has 0 aromatic heterocycles. The zero-order chi connectivity index (χ0) is 13.9. The van der Waals surface area contributed by atoms with Gasteiger partial charge in [0.05, 0.1) is 0 Å². The van der Waals surface area contributed by atoms with Crippen LogP contribution in [0.1, 0.15) is 31.4 Å². The van der Waals surface area contributed by atoms with Crippen molar-refractivity contribution in [2.24, 2.45) is 0 Å². The van der Waals surface area contributed by atoms with Gasteiger partial charge < -0.3 is 10.2 Å².